The van der Waals surface area contributed by atoms with Gasteiger partial charge >= 0.3 is 5.97 Å². The summed E-state index contributed by atoms with van der Waals surface area (Å²) in [5.74, 6) is -0.407. The first kappa shape index (κ1) is 12.2. The van der Waals surface area contributed by atoms with Crippen LogP contribution in [0, 0.1) is 0 Å². The number of thioether (sulfide) groups is 1. The zero-order valence-electron chi connectivity index (χ0n) is 8.14. The molecule has 1 atom stereocenters. The summed E-state index contributed by atoms with van der Waals surface area (Å²) >= 11 is 7.07. The number of rotatable bonds is 5. The summed E-state index contributed by atoms with van der Waals surface area (Å²) in [6, 6.07) is 7.43. The van der Waals surface area contributed by atoms with E-state index in [4.69, 9.17) is 21.4 Å². The monoisotopic (exact) mass is 246 g/mol. The highest BCUT2D eigenvalue weighted by Crippen LogP contribution is 2.27. The molecule has 0 amide bonds. The molecule has 0 fully saturated rings. The number of benzene rings is 1. The first-order chi connectivity index (χ1) is 7.15. The van der Waals surface area contributed by atoms with Crippen molar-refractivity contribution >= 4 is 29.3 Å². The van der Waals surface area contributed by atoms with Crippen LogP contribution in [0.4, 0.5) is 0 Å². The molecule has 1 rings (SSSR count). The molecule has 0 spiro atoms. The molecule has 0 saturated carbocycles. The number of aliphatic carboxylic acids is 1. The molecule has 0 bridgehead atoms. The number of carboxylic acid groups (broad SMARTS) is 1. The quantitative estimate of drug-likeness (QED) is 0.641. The molecule has 0 aromatic heterocycles. The van der Waals surface area contributed by atoms with Crippen LogP contribution < -0.4 is 4.74 Å². The number of carbonyl (C=O) groups is 1. The minimum Gasteiger partial charge on any atom is -0.490 e. The Morgan fingerprint density at radius 2 is 2.27 bits per heavy atom. The number of para-hydroxylation sites is 1. The Labute approximate surface area is 97.4 Å². The van der Waals surface area contributed by atoms with Gasteiger partial charge in [0.05, 0.1) is 0 Å². The summed E-state index contributed by atoms with van der Waals surface area (Å²) in [5.41, 5.74) is 0. The minimum absolute atomic E-state index is 0.0333. The zero-order valence-corrected chi connectivity index (χ0v) is 9.72. The minimum atomic E-state index is -1.07. The fourth-order valence-electron chi connectivity index (χ4n) is 0.972. The summed E-state index contributed by atoms with van der Waals surface area (Å²) < 4.78 is 5.32. The van der Waals surface area contributed by atoms with Gasteiger partial charge in [-0.3, -0.25) is 4.79 Å². The lowest BCUT2D eigenvalue weighted by Crippen LogP contribution is -2.21. The van der Waals surface area contributed by atoms with Gasteiger partial charge in [0.15, 0.2) is 5.38 Å². The molecule has 0 saturated heterocycles. The standard InChI is InChI=1S/C10H11ClO3S/c1-15-9-5-3-2-4-8(9)14-6-7(11)10(12)13/h2-5,7H,6H2,1H3,(H,12,13). The molecule has 0 radical (unpaired) electrons. The van der Waals surface area contributed by atoms with E-state index in [0.717, 1.165) is 4.90 Å². The maximum atomic E-state index is 10.5. The van der Waals surface area contributed by atoms with Gasteiger partial charge in [0, 0.05) is 4.90 Å². The number of carboxylic acids is 1. The van der Waals surface area contributed by atoms with Crippen molar-refractivity contribution in [2.45, 2.75) is 10.3 Å². The largest absolute Gasteiger partial charge is 0.490 e. The van der Waals surface area contributed by atoms with Gasteiger partial charge < -0.3 is 9.84 Å². The lowest BCUT2D eigenvalue weighted by Gasteiger charge is -2.10. The summed E-state index contributed by atoms with van der Waals surface area (Å²) in [4.78, 5) is 11.4. The van der Waals surface area contributed by atoms with E-state index in [1.165, 1.54) is 11.8 Å². The SMILES string of the molecule is CSc1ccccc1OCC(Cl)C(=O)O. The Bertz CT molecular complexity index is 343. The van der Waals surface area contributed by atoms with Crippen molar-refractivity contribution in [2.75, 3.05) is 12.9 Å². The molecule has 1 unspecified atom stereocenters. The molecular weight excluding hydrogens is 236 g/mol. The Morgan fingerprint density at radius 1 is 1.60 bits per heavy atom. The third-order valence-electron chi connectivity index (χ3n) is 1.72. The fourth-order valence-corrected chi connectivity index (χ4v) is 1.58. The zero-order chi connectivity index (χ0) is 11.3. The van der Waals surface area contributed by atoms with Crippen LogP contribution in [0.2, 0.25) is 0 Å². The number of ether oxygens (including phenoxy) is 1. The average molecular weight is 247 g/mol. The Morgan fingerprint density at radius 3 is 2.87 bits per heavy atom. The summed E-state index contributed by atoms with van der Waals surface area (Å²) in [7, 11) is 0. The maximum Gasteiger partial charge on any atom is 0.325 e. The molecule has 5 heteroatoms. The van der Waals surface area contributed by atoms with Gasteiger partial charge in [-0.1, -0.05) is 12.1 Å². The molecule has 0 heterocycles. The van der Waals surface area contributed by atoms with Gasteiger partial charge in [-0.25, -0.2) is 0 Å². The van der Waals surface area contributed by atoms with Crippen molar-refractivity contribution in [3.8, 4) is 5.75 Å². The summed E-state index contributed by atoms with van der Waals surface area (Å²) in [6.45, 7) is -0.0333. The van der Waals surface area contributed by atoms with Gasteiger partial charge in [-0.05, 0) is 18.4 Å². The first-order valence-electron chi connectivity index (χ1n) is 4.28. The highest BCUT2D eigenvalue weighted by molar-refractivity contribution is 7.98. The van der Waals surface area contributed by atoms with Crippen molar-refractivity contribution in [3.05, 3.63) is 24.3 Å². The normalized spacial score (nSPS) is 12.1. The molecule has 82 valence electrons. The van der Waals surface area contributed by atoms with Crippen LogP contribution in [0.1, 0.15) is 0 Å². The van der Waals surface area contributed by atoms with E-state index in [-0.39, 0.29) is 6.61 Å². The summed E-state index contributed by atoms with van der Waals surface area (Å²) in [6.07, 6.45) is 1.93. The lowest BCUT2D eigenvalue weighted by molar-refractivity contribution is -0.137. The number of halogens is 1. The molecule has 3 nitrogen and oxygen atoms in total. The van der Waals surface area contributed by atoms with Crippen molar-refractivity contribution in [1.29, 1.82) is 0 Å². The van der Waals surface area contributed by atoms with Crippen LogP contribution in [0.3, 0.4) is 0 Å². The van der Waals surface area contributed by atoms with E-state index in [2.05, 4.69) is 0 Å². The third-order valence-corrected chi connectivity index (χ3v) is 2.81. The van der Waals surface area contributed by atoms with Crippen molar-refractivity contribution in [3.63, 3.8) is 0 Å². The first-order valence-corrected chi connectivity index (χ1v) is 5.94. The Hall–Kier alpha value is -0.870. The van der Waals surface area contributed by atoms with Gasteiger partial charge in [-0.15, -0.1) is 23.4 Å². The van der Waals surface area contributed by atoms with Crippen LogP contribution in [0.15, 0.2) is 29.2 Å². The number of hydrogen-bond acceptors (Lipinski definition) is 3. The van der Waals surface area contributed by atoms with Crippen LogP contribution in [0.25, 0.3) is 0 Å². The molecular formula is C10H11ClO3S. The second-order valence-electron chi connectivity index (χ2n) is 2.77. The van der Waals surface area contributed by atoms with E-state index >= 15 is 0 Å². The van der Waals surface area contributed by atoms with Crippen LogP contribution in [0.5, 0.6) is 5.75 Å². The van der Waals surface area contributed by atoms with E-state index < -0.39 is 11.3 Å². The molecule has 15 heavy (non-hydrogen) atoms. The van der Waals surface area contributed by atoms with Crippen molar-refractivity contribution in [2.24, 2.45) is 0 Å². The summed E-state index contributed by atoms with van der Waals surface area (Å²) in [5, 5.41) is 7.56. The molecule has 1 N–H and O–H groups in total. The second-order valence-corrected chi connectivity index (χ2v) is 4.14. The van der Waals surface area contributed by atoms with Crippen LogP contribution >= 0.6 is 23.4 Å². The van der Waals surface area contributed by atoms with Gasteiger partial charge in [0.25, 0.3) is 0 Å². The number of hydrogen-bond donors (Lipinski definition) is 1. The maximum absolute atomic E-state index is 10.5. The van der Waals surface area contributed by atoms with E-state index in [9.17, 15) is 4.79 Å². The second kappa shape index (κ2) is 5.88. The lowest BCUT2D eigenvalue weighted by atomic mass is 10.3. The van der Waals surface area contributed by atoms with Crippen molar-refractivity contribution < 1.29 is 14.6 Å². The molecule has 0 aliphatic rings. The third kappa shape index (κ3) is 3.64. The highest BCUT2D eigenvalue weighted by atomic mass is 35.5. The smallest absolute Gasteiger partial charge is 0.325 e. The van der Waals surface area contributed by atoms with Gasteiger partial charge in [-0.2, -0.15) is 0 Å². The van der Waals surface area contributed by atoms with E-state index in [1.807, 2.05) is 24.5 Å². The van der Waals surface area contributed by atoms with E-state index in [0.29, 0.717) is 5.75 Å². The predicted molar refractivity (Wildman–Crippen MR) is 61.0 cm³/mol. The van der Waals surface area contributed by atoms with Crippen LogP contribution in [-0.2, 0) is 4.79 Å². The van der Waals surface area contributed by atoms with Crippen LogP contribution in [-0.4, -0.2) is 29.3 Å². The van der Waals surface area contributed by atoms with Crippen molar-refractivity contribution in [1.82, 2.24) is 0 Å². The van der Waals surface area contributed by atoms with Gasteiger partial charge in [0.1, 0.15) is 12.4 Å². The van der Waals surface area contributed by atoms with Gasteiger partial charge in [0.2, 0.25) is 0 Å². The molecule has 0 aliphatic carbocycles. The predicted octanol–water partition coefficient (Wildman–Crippen LogP) is 2.48. The highest BCUT2D eigenvalue weighted by Gasteiger charge is 2.14. The van der Waals surface area contributed by atoms with E-state index in [1.54, 1.807) is 6.07 Å². The fraction of sp³-hybridized carbons (Fsp3) is 0.300. The average Bonchev–Trinajstić information content (AvgIpc) is 2.26. The Balaban J connectivity index is 2.60. The number of alkyl halides is 1. The molecule has 1 aromatic rings. The Kier molecular flexibility index (Phi) is 4.78. The topological polar surface area (TPSA) is 46.5 Å². The molecule has 0 aliphatic heterocycles. The molecule has 1 aromatic carbocycles.